The van der Waals surface area contributed by atoms with Crippen molar-refractivity contribution in [2.24, 2.45) is 43.3 Å². The van der Waals surface area contributed by atoms with Crippen LogP contribution in [0.15, 0.2) is 99.3 Å². The third kappa shape index (κ3) is 8.80. The highest BCUT2D eigenvalue weighted by Gasteiger charge is 2.22. The first-order valence-corrected chi connectivity index (χ1v) is 12.2. The Morgan fingerprint density at radius 3 is 1.88 bits per heavy atom. The molecule has 0 aliphatic rings. The Labute approximate surface area is 231 Å². The van der Waals surface area contributed by atoms with Crippen molar-refractivity contribution in [3.05, 3.63) is 101 Å². The van der Waals surface area contributed by atoms with Crippen LogP contribution in [0, 0.1) is 0 Å². The average Bonchev–Trinajstić information content (AvgIpc) is 2.95. The number of guanidine groups is 2. The number of nitrogens with two attached hydrogens (primary N) is 4. The molecule has 40 heavy (non-hydrogen) atoms. The van der Waals surface area contributed by atoms with Crippen LogP contribution in [0.1, 0.15) is 40.9 Å². The zero-order chi connectivity index (χ0) is 29.1. The smallest absolute Gasteiger partial charge is 0.251 e. The molecule has 0 heterocycles. The van der Waals surface area contributed by atoms with Gasteiger partial charge in [-0.2, -0.15) is 10.2 Å². The number of benzene rings is 3. The molecule has 3 aromatic carbocycles. The zero-order valence-corrected chi connectivity index (χ0v) is 22.2. The molecule has 12 nitrogen and oxygen atoms in total. The Hall–Kier alpha value is -5.52. The number of hydrogen-bond donors (Lipinski definition) is 6. The van der Waals surface area contributed by atoms with Crippen LogP contribution in [0.3, 0.4) is 0 Å². The van der Waals surface area contributed by atoms with Gasteiger partial charge in [0.05, 0.1) is 11.4 Å². The van der Waals surface area contributed by atoms with E-state index in [1.807, 2.05) is 30.3 Å². The highest BCUT2D eigenvalue weighted by Crippen LogP contribution is 2.14. The predicted octanol–water partition coefficient (Wildman–Crippen LogP) is 1.66. The number of carbonyl (C=O) groups excluding carboxylic acids is 2. The summed E-state index contributed by atoms with van der Waals surface area (Å²) in [6.45, 7) is 3.48. The van der Waals surface area contributed by atoms with Crippen molar-refractivity contribution in [3.63, 3.8) is 0 Å². The van der Waals surface area contributed by atoms with Gasteiger partial charge in [-0.3, -0.25) is 9.59 Å². The highest BCUT2D eigenvalue weighted by molar-refractivity contribution is 6.04. The van der Waals surface area contributed by atoms with E-state index in [1.54, 1.807) is 62.4 Å². The van der Waals surface area contributed by atoms with Crippen LogP contribution in [0.25, 0.3) is 0 Å². The molecule has 0 unspecified atom stereocenters. The molecule has 3 rings (SSSR count). The first-order chi connectivity index (χ1) is 19.1. The Bertz CT molecular complexity index is 1450. The minimum absolute atomic E-state index is 0.143. The molecule has 0 saturated carbocycles. The third-order valence-corrected chi connectivity index (χ3v) is 5.65. The molecule has 3 aromatic rings. The monoisotopic (exact) mass is 540 g/mol. The SMILES string of the molecule is C/C(=N\N=C(N)N)c1ccc(NC(=O)[C@@H](Cc2ccccc2)NC(=O)c2cccc(/C(C)=N/N=C(N)N)c2)cc1. The normalized spacial score (nSPS) is 12.2. The number of rotatable bonds is 10. The molecule has 0 aliphatic carbocycles. The number of amides is 2. The maximum absolute atomic E-state index is 13.4. The minimum Gasteiger partial charge on any atom is -0.369 e. The van der Waals surface area contributed by atoms with Crippen molar-refractivity contribution in [1.29, 1.82) is 0 Å². The van der Waals surface area contributed by atoms with Crippen LogP contribution in [-0.4, -0.2) is 41.2 Å². The molecule has 0 spiro atoms. The summed E-state index contributed by atoms with van der Waals surface area (Å²) in [4.78, 5) is 26.6. The number of nitrogens with zero attached hydrogens (tertiary/aromatic N) is 4. The summed E-state index contributed by atoms with van der Waals surface area (Å²) in [6.07, 6.45) is 0.283. The third-order valence-electron chi connectivity index (χ3n) is 5.65. The summed E-state index contributed by atoms with van der Waals surface area (Å²) in [6, 6.07) is 22.4. The van der Waals surface area contributed by atoms with Crippen LogP contribution in [-0.2, 0) is 11.2 Å². The Morgan fingerprint density at radius 1 is 0.700 bits per heavy atom. The van der Waals surface area contributed by atoms with E-state index in [1.165, 1.54) is 0 Å². The van der Waals surface area contributed by atoms with Gasteiger partial charge in [0.2, 0.25) is 17.8 Å². The molecule has 0 bridgehead atoms. The summed E-state index contributed by atoms with van der Waals surface area (Å²) in [5.74, 6) is -1.12. The van der Waals surface area contributed by atoms with Gasteiger partial charge in [0.1, 0.15) is 6.04 Å². The molecule has 2 amide bonds. The lowest BCUT2D eigenvalue weighted by molar-refractivity contribution is -0.118. The van der Waals surface area contributed by atoms with Gasteiger partial charge in [-0.15, -0.1) is 10.2 Å². The van der Waals surface area contributed by atoms with E-state index < -0.39 is 11.9 Å². The van der Waals surface area contributed by atoms with E-state index in [-0.39, 0.29) is 24.2 Å². The molecular formula is C28H32N10O2. The van der Waals surface area contributed by atoms with Crippen LogP contribution in [0.2, 0.25) is 0 Å². The van der Waals surface area contributed by atoms with E-state index in [4.69, 9.17) is 22.9 Å². The molecule has 12 heteroatoms. The van der Waals surface area contributed by atoms with Crippen molar-refractivity contribution in [3.8, 4) is 0 Å². The Morgan fingerprint density at radius 2 is 1.27 bits per heavy atom. The van der Waals surface area contributed by atoms with Gasteiger partial charge in [0, 0.05) is 17.7 Å². The minimum atomic E-state index is -0.861. The first-order valence-electron chi connectivity index (χ1n) is 12.2. The summed E-state index contributed by atoms with van der Waals surface area (Å²) >= 11 is 0. The fraction of sp³-hybridized carbons (Fsp3) is 0.143. The van der Waals surface area contributed by atoms with Crippen molar-refractivity contribution in [1.82, 2.24) is 5.32 Å². The molecule has 1 atom stereocenters. The van der Waals surface area contributed by atoms with Gasteiger partial charge in [-0.05, 0) is 54.8 Å². The topological polar surface area (TPSA) is 212 Å². The molecule has 0 saturated heterocycles. The maximum atomic E-state index is 13.4. The van der Waals surface area contributed by atoms with E-state index in [9.17, 15) is 9.59 Å². The van der Waals surface area contributed by atoms with E-state index >= 15 is 0 Å². The lowest BCUT2D eigenvalue weighted by Gasteiger charge is -2.19. The fourth-order valence-corrected chi connectivity index (χ4v) is 3.59. The van der Waals surface area contributed by atoms with E-state index in [0.717, 1.165) is 11.1 Å². The van der Waals surface area contributed by atoms with Gasteiger partial charge in [-0.1, -0.05) is 54.6 Å². The Kier molecular flexibility index (Phi) is 10.1. The van der Waals surface area contributed by atoms with E-state index in [0.29, 0.717) is 28.2 Å². The lowest BCUT2D eigenvalue weighted by atomic mass is 10.0. The Balaban J connectivity index is 1.80. The zero-order valence-electron chi connectivity index (χ0n) is 22.2. The predicted molar refractivity (Wildman–Crippen MR) is 159 cm³/mol. The summed E-state index contributed by atoms with van der Waals surface area (Å²) in [5.41, 5.74) is 25.7. The maximum Gasteiger partial charge on any atom is 0.251 e. The quantitative estimate of drug-likeness (QED) is 0.128. The van der Waals surface area contributed by atoms with Crippen molar-refractivity contribution in [2.45, 2.75) is 26.3 Å². The molecule has 0 fully saturated rings. The largest absolute Gasteiger partial charge is 0.369 e. The van der Waals surface area contributed by atoms with Crippen LogP contribution < -0.4 is 33.6 Å². The number of carbonyl (C=O) groups is 2. The lowest BCUT2D eigenvalue weighted by Crippen LogP contribution is -2.45. The second kappa shape index (κ2) is 13.9. The molecular weight excluding hydrogens is 508 g/mol. The van der Waals surface area contributed by atoms with Gasteiger partial charge in [0.15, 0.2) is 0 Å². The number of hydrogen-bond acceptors (Lipinski definition) is 6. The molecule has 0 aliphatic heterocycles. The second-order valence-corrected chi connectivity index (χ2v) is 8.78. The van der Waals surface area contributed by atoms with Gasteiger partial charge in [-0.25, -0.2) is 0 Å². The van der Waals surface area contributed by atoms with Crippen molar-refractivity contribution >= 4 is 40.8 Å². The summed E-state index contributed by atoms with van der Waals surface area (Å²) in [7, 11) is 0. The van der Waals surface area contributed by atoms with E-state index in [2.05, 4.69) is 31.0 Å². The molecule has 10 N–H and O–H groups in total. The average molecular weight is 541 g/mol. The van der Waals surface area contributed by atoms with Crippen molar-refractivity contribution < 1.29 is 9.59 Å². The number of nitrogens with one attached hydrogen (secondary N) is 2. The molecule has 0 radical (unpaired) electrons. The first kappa shape index (κ1) is 29.0. The van der Waals surface area contributed by atoms with Gasteiger partial charge in [0.25, 0.3) is 5.91 Å². The molecule has 0 aromatic heterocycles. The standard InChI is InChI=1S/C28H32N10O2/c1-17(35-37-27(29)30)20-11-13-23(14-12-20)33-26(40)24(15-19-7-4-3-5-8-19)34-25(39)22-10-6-9-21(16-22)18(2)36-38-28(31)32/h3-14,16,24H,15H2,1-2H3,(H,33,40)(H,34,39)(H4,29,30,37)(H4,31,32,38)/b35-17+,36-18+/t24-/m1/s1. The van der Waals surface area contributed by atoms with Crippen LogP contribution in [0.4, 0.5) is 5.69 Å². The van der Waals surface area contributed by atoms with Gasteiger partial charge >= 0.3 is 0 Å². The van der Waals surface area contributed by atoms with Crippen LogP contribution in [0.5, 0.6) is 0 Å². The summed E-state index contributed by atoms with van der Waals surface area (Å²) < 4.78 is 0. The number of anilines is 1. The van der Waals surface area contributed by atoms with Crippen molar-refractivity contribution in [2.75, 3.05) is 5.32 Å². The van der Waals surface area contributed by atoms with Crippen LogP contribution >= 0.6 is 0 Å². The van der Waals surface area contributed by atoms with Gasteiger partial charge < -0.3 is 33.6 Å². The summed E-state index contributed by atoms with van der Waals surface area (Å²) in [5, 5.41) is 20.9. The molecule has 206 valence electrons. The second-order valence-electron chi connectivity index (χ2n) is 8.78. The fourth-order valence-electron chi connectivity index (χ4n) is 3.59. The highest BCUT2D eigenvalue weighted by atomic mass is 16.2.